The Labute approximate surface area is 302 Å². The molecule has 7 atom stereocenters. The predicted octanol–water partition coefficient (Wildman–Crippen LogP) is -0.242. The van der Waals surface area contributed by atoms with E-state index >= 15 is 0 Å². The number of aromatic nitrogens is 4. The van der Waals surface area contributed by atoms with E-state index in [1.54, 1.807) is 12.2 Å². The number of amides is 2. The number of thiol groups is 1. The number of ether oxygens (including phenoxy) is 1. The van der Waals surface area contributed by atoms with Crippen LogP contribution in [0.5, 0.6) is 0 Å². The molecule has 0 bridgehead atoms. The molecule has 2 aromatic heterocycles. The molecule has 2 aromatic rings. The number of aliphatic hydroxyl groups excluding tert-OH is 2. The molecule has 2 unspecified atom stereocenters. The monoisotopic (exact) mass is 821 g/mol. The molecular formula is C25H42N7O16P3S. The third-order valence-electron chi connectivity index (χ3n) is 7.09. The molecule has 3 rings (SSSR count). The van der Waals surface area contributed by atoms with Crippen LogP contribution >= 0.6 is 36.1 Å². The molecule has 2 amide bonds. The van der Waals surface area contributed by atoms with Gasteiger partial charge in [-0.3, -0.25) is 27.7 Å². The molecule has 0 spiro atoms. The Balaban J connectivity index is 1.67. The Morgan fingerprint density at radius 1 is 1.13 bits per heavy atom. The van der Waals surface area contributed by atoms with Crippen molar-refractivity contribution in [3.8, 4) is 0 Å². The number of carbonyl (C=O) groups excluding carboxylic acids is 2. The van der Waals surface area contributed by atoms with Gasteiger partial charge in [0.1, 0.15) is 29.9 Å². The SMILES string of the molecule is CCC=Cc1nc(N)c2ncn([C@@H]3O[C@H](COP(=O)(O)OP(=O)(O)OCC(C)(C)[C@@H](O)C(=O)NCCC(=O)NCCS)[C@@H](OP(=O)(O)O)[C@H]3O)c2n1. The van der Waals surface area contributed by atoms with Crippen LogP contribution in [0.4, 0.5) is 5.82 Å². The molecule has 1 fully saturated rings. The van der Waals surface area contributed by atoms with Crippen LogP contribution < -0.4 is 16.4 Å². The van der Waals surface area contributed by atoms with Crippen molar-refractivity contribution < 1.29 is 75.7 Å². The van der Waals surface area contributed by atoms with Gasteiger partial charge < -0.3 is 50.9 Å². The van der Waals surface area contributed by atoms with Crippen LogP contribution in [0.3, 0.4) is 0 Å². The molecule has 23 nitrogen and oxygen atoms in total. The van der Waals surface area contributed by atoms with E-state index in [2.05, 4.69) is 47.0 Å². The number of nitrogens with zero attached hydrogens (tertiary/aromatic N) is 4. The van der Waals surface area contributed by atoms with Gasteiger partial charge in [0.25, 0.3) is 0 Å². The fraction of sp³-hybridized carbons (Fsp3) is 0.640. The smallest absolute Gasteiger partial charge is 0.386 e. The van der Waals surface area contributed by atoms with E-state index in [-0.39, 0.29) is 41.7 Å². The van der Waals surface area contributed by atoms with E-state index in [1.165, 1.54) is 13.8 Å². The molecular weight excluding hydrogens is 779 g/mol. The molecule has 27 heteroatoms. The van der Waals surface area contributed by atoms with Crippen LogP contribution in [0.15, 0.2) is 12.4 Å². The summed E-state index contributed by atoms with van der Waals surface area (Å²) in [6.45, 7) is 2.58. The van der Waals surface area contributed by atoms with Crippen molar-refractivity contribution in [3.05, 3.63) is 18.2 Å². The van der Waals surface area contributed by atoms with Gasteiger partial charge in [-0.2, -0.15) is 16.9 Å². The van der Waals surface area contributed by atoms with Crippen LogP contribution in [-0.2, 0) is 45.9 Å². The van der Waals surface area contributed by atoms with Gasteiger partial charge >= 0.3 is 23.5 Å². The predicted molar refractivity (Wildman–Crippen MR) is 183 cm³/mol. The molecule has 0 saturated carbocycles. The molecule has 1 aliphatic rings. The lowest BCUT2D eigenvalue weighted by Crippen LogP contribution is -2.46. The average molecular weight is 822 g/mol. The fourth-order valence-corrected chi connectivity index (χ4v) is 7.46. The van der Waals surface area contributed by atoms with Crippen LogP contribution in [-0.4, -0.2) is 118 Å². The highest BCUT2D eigenvalue weighted by Crippen LogP contribution is 2.61. The quantitative estimate of drug-likeness (QED) is 0.0608. The number of rotatable bonds is 20. The minimum Gasteiger partial charge on any atom is -0.386 e. The van der Waals surface area contributed by atoms with Gasteiger partial charge in [-0.25, -0.2) is 28.6 Å². The number of carbonyl (C=O) groups is 2. The largest absolute Gasteiger partial charge is 0.481 e. The number of nitrogens with one attached hydrogen (secondary N) is 2. The van der Waals surface area contributed by atoms with Crippen molar-refractivity contribution in [1.82, 2.24) is 30.2 Å². The summed E-state index contributed by atoms with van der Waals surface area (Å²) >= 11 is 3.96. The fourth-order valence-electron chi connectivity index (χ4n) is 4.52. The molecule has 0 radical (unpaired) electrons. The minimum atomic E-state index is -5.56. The minimum absolute atomic E-state index is 0.0356. The zero-order valence-corrected chi connectivity index (χ0v) is 31.6. The lowest BCUT2D eigenvalue weighted by atomic mass is 9.87. The van der Waals surface area contributed by atoms with E-state index in [0.717, 1.165) is 10.9 Å². The third-order valence-corrected chi connectivity index (χ3v) is 10.4. The first-order valence-electron chi connectivity index (χ1n) is 15.3. The lowest BCUT2D eigenvalue weighted by Gasteiger charge is -2.30. The summed E-state index contributed by atoms with van der Waals surface area (Å²) in [7, 11) is -16.4. The van der Waals surface area contributed by atoms with Gasteiger partial charge in [-0.15, -0.1) is 0 Å². The molecule has 3 heterocycles. The van der Waals surface area contributed by atoms with Crippen molar-refractivity contribution >= 4 is 71.0 Å². The standard InChI is InChI=1S/C25H42N7O16P3S/c1-4-5-6-15-30-21(26)17-22(31-15)32(13-29-17)24-18(34)19(47-49(37,38)39)14(46-24)11-44-50(40,41)48-51(42,43)45-12-25(2,3)20(35)23(36)28-8-7-16(33)27-9-10-52/h5-6,13-14,18-20,24,34-35,52H,4,7-12H2,1-3H3,(H,27,33)(H,28,36)(H,40,41)(H,42,43)(H2,26,30,31)(H2,37,38,39)/t14-,18-,19-,20+,24-/m1/s1. The Kier molecular flexibility index (Phi) is 15.5. The summed E-state index contributed by atoms with van der Waals surface area (Å²) < 4.78 is 62.4. The molecule has 52 heavy (non-hydrogen) atoms. The number of nitrogens with two attached hydrogens (primary N) is 1. The first-order chi connectivity index (χ1) is 24.1. The van der Waals surface area contributed by atoms with E-state index in [4.69, 9.17) is 19.5 Å². The second kappa shape index (κ2) is 18.3. The number of phosphoric acid groups is 3. The molecule has 1 saturated heterocycles. The Bertz CT molecular complexity index is 1740. The number of nitrogen functional groups attached to an aromatic ring is 1. The van der Waals surface area contributed by atoms with Crippen molar-refractivity contribution in [2.45, 2.75) is 64.3 Å². The van der Waals surface area contributed by atoms with Gasteiger partial charge in [-0.05, 0) is 12.5 Å². The highest BCUT2D eigenvalue weighted by molar-refractivity contribution is 7.80. The zero-order chi connectivity index (χ0) is 39.1. The number of fused-ring (bicyclic) bond motifs is 1. The number of hydrogen-bond donors (Lipinski definition) is 10. The van der Waals surface area contributed by atoms with E-state index in [0.29, 0.717) is 18.7 Å². The number of imidazole rings is 1. The topological polar surface area (TPSA) is 347 Å². The second-order valence-corrected chi connectivity index (χ2v) is 16.5. The normalized spacial score (nSPS) is 22.7. The van der Waals surface area contributed by atoms with Crippen LogP contribution in [0.25, 0.3) is 17.2 Å². The van der Waals surface area contributed by atoms with E-state index in [1.807, 2.05) is 6.92 Å². The third kappa shape index (κ3) is 12.6. The lowest BCUT2D eigenvalue weighted by molar-refractivity contribution is -0.137. The van der Waals surface area contributed by atoms with Crippen LogP contribution in [0.1, 0.15) is 45.7 Å². The van der Waals surface area contributed by atoms with Crippen molar-refractivity contribution in [2.75, 3.05) is 37.8 Å². The van der Waals surface area contributed by atoms with Gasteiger partial charge in [0.2, 0.25) is 11.8 Å². The number of anilines is 1. The van der Waals surface area contributed by atoms with Gasteiger partial charge in [0, 0.05) is 30.7 Å². The van der Waals surface area contributed by atoms with Gasteiger partial charge in [-0.1, -0.05) is 26.8 Å². The molecule has 10 N–H and O–H groups in total. The van der Waals surface area contributed by atoms with Gasteiger partial charge in [0.15, 0.2) is 23.5 Å². The first kappa shape index (κ1) is 44.0. The number of aliphatic hydroxyl groups is 2. The van der Waals surface area contributed by atoms with E-state index in [9.17, 15) is 53.1 Å². The summed E-state index contributed by atoms with van der Waals surface area (Å²) in [6, 6.07) is 0. The highest BCUT2D eigenvalue weighted by atomic mass is 32.1. The molecule has 1 aliphatic heterocycles. The number of phosphoric ester groups is 3. The van der Waals surface area contributed by atoms with Crippen molar-refractivity contribution in [3.63, 3.8) is 0 Å². The highest BCUT2D eigenvalue weighted by Gasteiger charge is 2.50. The average Bonchev–Trinajstić information content (AvgIpc) is 3.59. The number of hydrogen-bond acceptors (Lipinski definition) is 17. The van der Waals surface area contributed by atoms with Gasteiger partial charge in [0.05, 0.1) is 19.5 Å². The Morgan fingerprint density at radius 2 is 1.81 bits per heavy atom. The van der Waals surface area contributed by atoms with Crippen LogP contribution in [0, 0.1) is 5.41 Å². The second-order valence-electron chi connectivity index (χ2n) is 11.8. The zero-order valence-electron chi connectivity index (χ0n) is 28.0. The first-order valence-corrected chi connectivity index (χ1v) is 20.5. The van der Waals surface area contributed by atoms with E-state index < -0.39 is 78.6 Å². The van der Waals surface area contributed by atoms with Crippen molar-refractivity contribution in [1.29, 1.82) is 0 Å². The Morgan fingerprint density at radius 3 is 2.44 bits per heavy atom. The van der Waals surface area contributed by atoms with Crippen molar-refractivity contribution in [2.24, 2.45) is 5.41 Å². The summed E-state index contributed by atoms with van der Waals surface area (Å²) in [4.78, 5) is 75.9. The summed E-state index contributed by atoms with van der Waals surface area (Å²) in [6.07, 6.45) is -3.94. The maximum atomic E-state index is 12.7. The van der Waals surface area contributed by atoms with Crippen LogP contribution in [0.2, 0.25) is 0 Å². The Hall–Kier alpha value is -2.37. The maximum Gasteiger partial charge on any atom is 0.481 e. The molecule has 0 aliphatic carbocycles. The summed E-state index contributed by atoms with van der Waals surface area (Å²) in [5.74, 6) is -0.779. The molecule has 0 aromatic carbocycles. The maximum absolute atomic E-state index is 12.7. The summed E-state index contributed by atoms with van der Waals surface area (Å²) in [5.41, 5.74) is 4.53. The number of allylic oxidation sites excluding steroid dienone is 1. The summed E-state index contributed by atoms with van der Waals surface area (Å²) in [5, 5.41) is 26.3. The molecule has 294 valence electrons.